The second-order valence-electron chi connectivity index (χ2n) is 7.09. The van der Waals surface area contributed by atoms with Crippen LogP contribution in [0, 0.1) is 0 Å². The van der Waals surface area contributed by atoms with Crippen molar-refractivity contribution >= 4 is 16.9 Å². The number of nitrogens with two attached hydrogens (primary N) is 1. The normalized spacial score (nSPS) is 13.4. The average molecular weight is 378 g/mol. The first kappa shape index (κ1) is 18.5. The smallest absolute Gasteiger partial charge is 0.253 e. The molecule has 1 amide bonds. The summed E-state index contributed by atoms with van der Waals surface area (Å²) in [4.78, 5) is 17.1. The SMILES string of the molecule is NCCCCCCOc1ccc(-c2nc3cccc4c3n2CCNC4=O)cc1. The Morgan fingerprint density at radius 3 is 2.71 bits per heavy atom. The lowest BCUT2D eigenvalue weighted by atomic mass is 10.1. The Hall–Kier alpha value is -2.86. The summed E-state index contributed by atoms with van der Waals surface area (Å²) in [7, 11) is 0. The number of nitrogens with one attached hydrogen (secondary N) is 1. The number of carbonyl (C=O) groups excluding carboxylic acids is 1. The van der Waals surface area contributed by atoms with E-state index in [-0.39, 0.29) is 5.91 Å². The molecule has 1 aromatic heterocycles. The van der Waals surface area contributed by atoms with Crippen LogP contribution in [0.2, 0.25) is 0 Å². The van der Waals surface area contributed by atoms with Gasteiger partial charge in [-0.15, -0.1) is 0 Å². The lowest BCUT2D eigenvalue weighted by Gasteiger charge is -2.09. The minimum atomic E-state index is -0.0361. The fourth-order valence-corrected chi connectivity index (χ4v) is 3.67. The molecule has 1 aliphatic rings. The molecule has 0 bridgehead atoms. The van der Waals surface area contributed by atoms with Crippen molar-refractivity contribution in [1.82, 2.24) is 14.9 Å². The molecule has 3 aromatic rings. The van der Waals surface area contributed by atoms with Gasteiger partial charge in [0.15, 0.2) is 0 Å². The van der Waals surface area contributed by atoms with E-state index in [1.54, 1.807) is 0 Å². The number of nitrogens with zero attached hydrogens (tertiary/aromatic N) is 2. The van der Waals surface area contributed by atoms with E-state index < -0.39 is 0 Å². The van der Waals surface area contributed by atoms with Crippen molar-refractivity contribution in [3.63, 3.8) is 0 Å². The highest BCUT2D eigenvalue weighted by molar-refractivity contribution is 6.06. The number of unbranched alkanes of at least 4 members (excludes halogenated alkanes) is 3. The third-order valence-corrected chi connectivity index (χ3v) is 5.11. The molecule has 2 heterocycles. The number of hydrogen-bond donors (Lipinski definition) is 2. The number of hydrogen-bond acceptors (Lipinski definition) is 4. The Morgan fingerprint density at radius 1 is 1.07 bits per heavy atom. The molecule has 0 atom stereocenters. The summed E-state index contributed by atoms with van der Waals surface area (Å²) in [5.74, 6) is 1.71. The summed E-state index contributed by atoms with van der Waals surface area (Å²) in [6, 6.07) is 13.7. The van der Waals surface area contributed by atoms with Crippen molar-refractivity contribution < 1.29 is 9.53 Å². The van der Waals surface area contributed by atoms with Gasteiger partial charge in [-0.25, -0.2) is 4.98 Å². The zero-order chi connectivity index (χ0) is 19.3. The molecule has 0 saturated heterocycles. The van der Waals surface area contributed by atoms with Gasteiger partial charge in [0.05, 0.1) is 23.2 Å². The molecule has 3 N–H and O–H groups in total. The first-order valence-electron chi connectivity index (χ1n) is 9.98. The molecule has 28 heavy (non-hydrogen) atoms. The van der Waals surface area contributed by atoms with Crippen LogP contribution in [0.15, 0.2) is 42.5 Å². The molecule has 0 saturated carbocycles. The molecule has 6 heteroatoms. The molecule has 4 rings (SSSR count). The first-order chi connectivity index (χ1) is 13.8. The van der Waals surface area contributed by atoms with E-state index in [0.717, 1.165) is 67.0 Å². The minimum Gasteiger partial charge on any atom is -0.494 e. The van der Waals surface area contributed by atoms with E-state index in [1.165, 1.54) is 0 Å². The lowest BCUT2D eigenvalue weighted by Crippen LogP contribution is -2.24. The van der Waals surface area contributed by atoms with Crippen LogP contribution in [-0.2, 0) is 6.54 Å². The number of imidazole rings is 1. The van der Waals surface area contributed by atoms with E-state index >= 15 is 0 Å². The number of amides is 1. The second kappa shape index (κ2) is 8.44. The number of carbonyl (C=O) groups is 1. The van der Waals surface area contributed by atoms with Crippen LogP contribution >= 0.6 is 0 Å². The predicted octanol–water partition coefficient (Wildman–Crippen LogP) is 3.34. The fraction of sp³-hybridized carbons (Fsp3) is 0.364. The van der Waals surface area contributed by atoms with Crippen molar-refractivity contribution in [2.45, 2.75) is 32.2 Å². The van der Waals surface area contributed by atoms with Gasteiger partial charge in [-0.3, -0.25) is 4.79 Å². The van der Waals surface area contributed by atoms with Crippen molar-refractivity contribution in [3.8, 4) is 17.1 Å². The quantitative estimate of drug-likeness (QED) is 0.589. The standard InChI is InChI=1S/C22H26N4O2/c23-12-3-1-2-4-15-28-17-10-8-16(9-11-17)21-25-19-7-5-6-18-20(19)26(21)14-13-24-22(18)27/h5-11H,1-4,12-15,23H2,(H,24,27). The van der Waals surface area contributed by atoms with Gasteiger partial charge in [-0.05, 0) is 55.8 Å². The van der Waals surface area contributed by atoms with Gasteiger partial charge in [0.1, 0.15) is 11.6 Å². The summed E-state index contributed by atoms with van der Waals surface area (Å²) in [6.07, 6.45) is 4.43. The van der Waals surface area contributed by atoms with E-state index in [9.17, 15) is 4.79 Å². The molecule has 0 aliphatic carbocycles. The van der Waals surface area contributed by atoms with Crippen LogP contribution in [0.5, 0.6) is 5.75 Å². The Bertz CT molecular complexity index is 963. The van der Waals surface area contributed by atoms with Crippen LogP contribution in [0.3, 0.4) is 0 Å². The molecular formula is C22H26N4O2. The molecule has 1 aliphatic heterocycles. The number of aromatic nitrogens is 2. The largest absolute Gasteiger partial charge is 0.494 e. The predicted molar refractivity (Wildman–Crippen MR) is 111 cm³/mol. The van der Waals surface area contributed by atoms with Crippen LogP contribution in [0.25, 0.3) is 22.4 Å². The van der Waals surface area contributed by atoms with Crippen molar-refractivity contribution in [2.75, 3.05) is 19.7 Å². The molecule has 6 nitrogen and oxygen atoms in total. The van der Waals surface area contributed by atoms with Gasteiger partial charge in [-0.1, -0.05) is 18.9 Å². The Labute approximate surface area is 164 Å². The van der Waals surface area contributed by atoms with Gasteiger partial charge in [0, 0.05) is 18.7 Å². The van der Waals surface area contributed by atoms with Gasteiger partial charge in [0.25, 0.3) is 5.91 Å². The molecule has 0 fully saturated rings. The maximum absolute atomic E-state index is 12.3. The molecule has 2 aromatic carbocycles. The van der Waals surface area contributed by atoms with E-state index in [4.69, 9.17) is 15.5 Å². The average Bonchev–Trinajstić information content (AvgIpc) is 3.00. The van der Waals surface area contributed by atoms with Crippen LogP contribution in [0.1, 0.15) is 36.0 Å². The van der Waals surface area contributed by atoms with Crippen molar-refractivity contribution in [1.29, 1.82) is 0 Å². The monoisotopic (exact) mass is 378 g/mol. The van der Waals surface area contributed by atoms with Crippen LogP contribution in [-0.4, -0.2) is 35.2 Å². The number of para-hydroxylation sites is 1. The second-order valence-corrected chi connectivity index (χ2v) is 7.09. The van der Waals surface area contributed by atoms with E-state index in [1.807, 2.05) is 42.5 Å². The molecule has 146 valence electrons. The third kappa shape index (κ3) is 3.73. The summed E-state index contributed by atoms with van der Waals surface area (Å²) < 4.78 is 7.98. The van der Waals surface area contributed by atoms with Crippen LogP contribution in [0.4, 0.5) is 0 Å². The Morgan fingerprint density at radius 2 is 1.89 bits per heavy atom. The Balaban J connectivity index is 1.52. The minimum absolute atomic E-state index is 0.0361. The van der Waals surface area contributed by atoms with E-state index in [0.29, 0.717) is 18.7 Å². The summed E-state index contributed by atoms with van der Waals surface area (Å²) in [5.41, 5.74) is 8.97. The fourth-order valence-electron chi connectivity index (χ4n) is 3.67. The topological polar surface area (TPSA) is 82.2 Å². The number of benzene rings is 2. The zero-order valence-corrected chi connectivity index (χ0v) is 16.0. The van der Waals surface area contributed by atoms with Gasteiger partial charge in [-0.2, -0.15) is 0 Å². The molecule has 0 spiro atoms. The lowest BCUT2D eigenvalue weighted by molar-refractivity contribution is 0.0956. The van der Waals surface area contributed by atoms with Gasteiger partial charge >= 0.3 is 0 Å². The van der Waals surface area contributed by atoms with Gasteiger partial charge < -0.3 is 20.4 Å². The first-order valence-corrected chi connectivity index (χ1v) is 9.98. The summed E-state index contributed by atoms with van der Waals surface area (Å²) in [5, 5.41) is 2.95. The molecule has 0 radical (unpaired) electrons. The maximum atomic E-state index is 12.3. The highest BCUT2D eigenvalue weighted by atomic mass is 16.5. The van der Waals surface area contributed by atoms with Gasteiger partial charge in [0.2, 0.25) is 0 Å². The van der Waals surface area contributed by atoms with Crippen molar-refractivity contribution in [3.05, 3.63) is 48.0 Å². The van der Waals surface area contributed by atoms with Crippen LogP contribution < -0.4 is 15.8 Å². The van der Waals surface area contributed by atoms with E-state index in [2.05, 4.69) is 9.88 Å². The summed E-state index contributed by atoms with van der Waals surface area (Å²) >= 11 is 0. The Kier molecular flexibility index (Phi) is 5.58. The maximum Gasteiger partial charge on any atom is 0.253 e. The molecule has 0 unspecified atom stereocenters. The number of ether oxygens (including phenoxy) is 1. The third-order valence-electron chi connectivity index (χ3n) is 5.11. The highest BCUT2D eigenvalue weighted by Crippen LogP contribution is 2.29. The van der Waals surface area contributed by atoms with Crippen molar-refractivity contribution in [2.24, 2.45) is 5.73 Å². The molecular weight excluding hydrogens is 352 g/mol. The highest BCUT2D eigenvalue weighted by Gasteiger charge is 2.21. The zero-order valence-electron chi connectivity index (χ0n) is 16.0. The summed E-state index contributed by atoms with van der Waals surface area (Å²) in [6.45, 7) is 2.78. The number of rotatable bonds is 8.